The van der Waals surface area contributed by atoms with Gasteiger partial charge in [0.05, 0.1) is 32.4 Å². The number of hydrogen-bond acceptors (Lipinski definition) is 6. The molecule has 0 saturated carbocycles. The number of alkyl halides is 1. The molecule has 1 saturated heterocycles. The second-order valence-electron chi connectivity index (χ2n) is 8.26. The van der Waals surface area contributed by atoms with E-state index in [2.05, 4.69) is 0 Å². The van der Waals surface area contributed by atoms with Gasteiger partial charge in [-0.2, -0.15) is 0 Å². The van der Waals surface area contributed by atoms with Crippen molar-refractivity contribution in [3.8, 4) is 11.5 Å². The Hall–Kier alpha value is -3.33. The zero-order chi connectivity index (χ0) is 24.7. The number of nitrogens with zero attached hydrogens (tertiary/aromatic N) is 1. The molecule has 0 aliphatic carbocycles. The van der Waals surface area contributed by atoms with E-state index in [9.17, 15) is 19.1 Å². The van der Waals surface area contributed by atoms with Gasteiger partial charge in [-0.05, 0) is 43.5 Å². The van der Waals surface area contributed by atoms with Gasteiger partial charge in [0.25, 0.3) is 0 Å². The van der Waals surface area contributed by atoms with Crippen LogP contribution in [-0.2, 0) is 16.1 Å². The monoisotopic (exact) mass is 475 g/mol. The Bertz CT molecular complexity index is 985. The predicted octanol–water partition coefficient (Wildman–Crippen LogP) is 4.23. The molecule has 9 heteroatoms. The van der Waals surface area contributed by atoms with Gasteiger partial charge in [-0.3, -0.25) is 4.90 Å². The third-order valence-corrected chi connectivity index (χ3v) is 5.53. The van der Waals surface area contributed by atoms with Crippen LogP contribution in [0.15, 0.2) is 42.5 Å². The third kappa shape index (κ3) is 6.38. The maximum Gasteiger partial charge on any atom is 0.407 e. The molecule has 3 atom stereocenters. The van der Waals surface area contributed by atoms with Crippen LogP contribution < -0.4 is 9.47 Å². The van der Waals surface area contributed by atoms with Gasteiger partial charge in [-0.1, -0.05) is 30.3 Å². The Balaban J connectivity index is 1.74. The van der Waals surface area contributed by atoms with Crippen LogP contribution in [0.2, 0.25) is 0 Å². The number of amides is 1. The van der Waals surface area contributed by atoms with Crippen molar-refractivity contribution >= 4 is 12.1 Å². The molecular weight excluding hydrogens is 445 g/mol. The molecule has 1 heterocycles. The molecule has 1 N–H and O–H groups in total. The first-order chi connectivity index (χ1) is 16.3. The first-order valence-corrected chi connectivity index (χ1v) is 11.1. The normalized spacial score (nSPS) is 18.4. The molecule has 34 heavy (non-hydrogen) atoms. The van der Waals surface area contributed by atoms with Gasteiger partial charge in [0.15, 0.2) is 0 Å². The zero-order valence-electron chi connectivity index (χ0n) is 19.5. The van der Waals surface area contributed by atoms with Crippen molar-refractivity contribution in [1.82, 2.24) is 4.90 Å². The minimum atomic E-state index is -1.07. The first kappa shape index (κ1) is 25.3. The molecule has 1 aliphatic rings. The summed E-state index contributed by atoms with van der Waals surface area (Å²) in [6.45, 7) is 3.20. The summed E-state index contributed by atoms with van der Waals surface area (Å²) in [5.74, 6) is -0.355. The van der Waals surface area contributed by atoms with Crippen LogP contribution in [-0.4, -0.2) is 67.3 Å². The van der Waals surface area contributed by atoms with E-state index in [0.717, 1.165) is 11.1 Å². The van der Waals surface area contributed by atoms with Crippen LogP contribution in [0.4, 0.5) is 9.18 Å². The number of carbonyl (C=O) groups excluding carboxylic acids is 1. The van der Waals surface area contributed by atoms with Crippen LogP contribution in [0.3, 0.4) is 0 Å². The van der Waals surface area contributed by atoms with Crippen molar-refractivity contribution < 1.29 is 38.0 Å². The number of carbonyl (C=O) groups is 2. The summed E-state index contributed by atoms with van der Waals surface area (Å²) >= 11 is 0. The average molecular weight is 476 g/mol. The summed E-state index contributed by atoms with van der Waals surface area (Å²) in [7, 11) is 1.23. The molecule has 8 nitrogen and oxygen atoms in total. The number of benzene rings is 2. The van der Waals surface area contributed by atoms with Gasteiger partial charge in [-0.15, -0.1) is 0 Å². The van der Waals surface area contributed by atoms with E-state index < -0.39 is 30.9 Å². The highest BCUT2D eigenvalue weighted by Crippen LogP contribution is 2.33. The summed E-state index contributed by atoms with van der Waals surface area (Å²) < 4.78 is 35.4. The molecule has 3 rings (SSSR count). The van der Waals surface area contributed by atoms with Crippen molar-refractivity contribution in [1.29, 1.82) is 0 Å². The maximum atomic E-state index is 13.0. The van der Waals surface area contributed by atoms with Crippen molar-refractivity contribution in [3.05, 3.63) is 59.2 Å². The fourth-order valence-corrected chi connectivity index (χ4v) is 3.84. The molecule has 2 aromatic carbocycles. The molecule has 184 valence electrons. The van der Waals surface area contributed by atoms with Crippen LogP contribution in [0.25, 0.3) is 0 Å². The van der Waals surface area contributed by atoms with Crippen LogP contribution in [0, 0.1) is 6.92 Å². The predicted molar refractivity (Wildman–Crippen MR) is 122 cm³/mol. The van der Waals surface area contributed by atoms with Crippen LogP contribution in [0.5, 0.6) is 11.5 Å². The summed E-state index contributed by atoms with van der Waals surface area (Å²) in [5, 5.41) is 9.66. The van der Waals surface area contributed by atoms with Gasteiger partial charge in [0.2, 0.25) is 0 Å². The fourth-order valence-electron chi connectivity index (χ4n) is 3.84. The van der Waals surface area contributed by atoms with Crippen molar-refractivity contribution in [2.45, 2.75) is 45.1 Å². The van der Waals surface area contributed by atoms with Gasteiger partial charge in [0.1, 0.15) is 36.4 Å². The summed E-state index contributed by atoms with van der Waals surface area (Å²) in [5.41, 5.74) is 1.76. The minimum absolute atomic E-state index is 0.00303. The number of likely N-dealkylation sites (tertiary alicyclic amines) is 1. The lowest BCUT2D eigenvalue weighted by atomic mass is 10.1. The summed E-state index contributed by atoms with van der Waals surface area (Å²) in [6, 6.07) is 12.4. The SMILES string of the molecule is COC(=O)c1c(OC[C@H]2C[C@H](OCc3ccccc3)CN2C(=O)O)cc(C)cc1OC(C)CF. The smallest absolute Gasteiger partial charge is 0.407 e. The van der Waals surface area contributed by atoms with E-state index in [0.29, 0.717) is 13.0 Å². The molecule has 1 aliphatic heterocycles. The van der Waals surface area contributed by atoms with E-state index in [1.807, 2.05) is 30.3 Å². The third-order valence-electron chi connectivity index (χ3n) is 5.53. The molecular formula is C25H30FNO7. The standard InChI is InChI=1S/C25H30FNO7/c1-16-9-21(23(24(28)31-3)22(10-16)34-17(2)12-26)33-15-19-11-20(13-27(19)25(29)30)32-14-18-7-5-4-6-8-18/h4-10,17,19-20H,11-15H2,1-3H3,(H,29,30)/t17?,19-,20+/m1/s1. The highest BCUT2D eigenvalue weighted by molar-refractivity contribution is 5.95. The average Bonchev–Trinajstić information content (AvgIpc) is 3.25. The second kappa shape index (κ2) is 11.7. The number of rotatable bonds is 10. The number of halogens is 1. The number of methoxy groups -OCH3 is 1. The largest absolute Gasteiger partial charge is 0.490 e. The molecule has 1 unspecified atom stereocenters. The fraction of sp³-hybridized carbons (Fsp3) is 0.440. The Morgan fingerprint density at radius 3 is 2.56 bits per heavy atom. The second-order valence-corrected chi connectivity index (χ2v) is 8.26. The Labute approximate surface area is 198 Å². The van der Waals surface area contributed by atoms with Gasteiger partial charge in [0, 0.05) is 0 Å². The lowest BCUT2D eigenvalue weighted by Gasteiger charge is -2.23. The van der Waals surface area contributed by atoms with Crippen LogP contribution >= 0.6 is 0 Å². The van der Waals surface area contributed by atoms with Crippen molar-refractivity contribution in [3.63, 3.8) is 0 Å². The van der Waals surface area contributed by atoms with E-state index in [4.69, 9.17) is 18.9 Å². The molecule has 1 amide bonds. The number of ether oxygens (including phenoxy) is 4. The van der Waals surface area contributed by atoms with Crippen molar-refractivity contribution in [2.24, 2.45) is 0 Å². The lowest BCUT2D eigenvalue weighted by Crippen LogP contribution is -2.38. The summed E-state index contributed by atoms with van der Waals surface area (Å²) in [6.07, 6.45) is -1.68. The number of aryl methyl sites for hydroxylation is 1. The zero-order valence-corrected chi connectivity index (χ0v) is 19.5. The quantitative estimate of drug-likeness (QED) is 0.514. The Morgan fingerprint density at radius 2 is 1.91 bits per heavy atom. The maximum absolute atomic E-state index is 13.0. The topological polar surface area (TPSA) is 94.5 Å². The highest BCUT2D eigenvalue weighted by Gasteiger charge is 2.37. The van der Waals surface area contributed by atoms with Gasteiger partial charge < -0.3 is 24.1 Å². The number of esters is 1. The highest BCUT2D eigenvalue weighted by atomic mass is 19.1. The molecule has 2 aromatic rings. The van der Waals surface area contributed by atoms with E-state index in [-0.39, 0.29) is 36.3 Å². The lowest BCUT2D eigenvalue weighted by molar-refractivity contribution is 0.0465. The Kier molecular flexibility index (Phi) is 8.70. The molecule has 1 fully saturated rings. The van der Waals surface area contributed by atoms with Gasteiger partial charge >= 0.3 is 12.1 Å². The summed E-state index contributed by atoms with van der Waals surface area (Å²) in [4.78, 5) is 25.6. The molecule has 0 aromatic heterocycles. The first-order valence-electron chi connectivity index (χ1n) is 11.1. The minimum Gasteiger partial charge on any atom is -0.490 e. The number of carboxylic acid groups (broad SMARTS) is 1. The van der Waals surface area contributed by atoms with Crippen LogP contribution in [0.1, 0.15) is 34.8 Å². The van der Waals surface area contributed by atoms with E-state index in [1.54, 1.807) is 26.0 Å². The van der Waals surface area contributed by atoms with E-state index in [1.165, 1.54) is 12.0 Å². The molecule has 0 spiro atoms. The van der Waals surface area contributed by atoms with E-state index >= 15 is 0 Å². The number of hydrogen-bond donors (Lipinski definition) is 1. The van der Waals surface area contributed by atoms with Crippen molar-refractivity contribution in [2.75, 3.05) is 26.9 Å². The molecule has 0 bridgehead atoms. The Morgan fingerprint density at radius 1 is 1.21 bits per heavy atom. The molecule has 0 radical (unpaired) electrons. The van der Waals surface area contributed by atoms with Gasteiger partial charge in [-0.25, -0.2) is 14.0 Å².